The highest BCUT2D eigenvalue weighted by atomic mass is 127. The minimum Gasteiger partial charge on any atom is -0.444 e. The van der Waals surface area contributed by atoms with Crippen molar-refractivity contribution in [1.82, 2.24) is 10.3 Å². The van der Waals surface area contributed by atoms with E-state index in [0.717, 1.165) is 22.4 Å². The summed E-state index contributed by atoms with van der Waals surface area (Å²) in [7, 11) is 0. The van der Waals surface area contributed by atoms with Crippen LogP contribution in [0, 0.1) is 3.57 Å². The highest BCUT2D eigenvalue weighted by Crippen LogP contribution is 2.27. The summed E-state index contributed by atoms with van der Waals surface area (Å²) < 4.78 is 6.39. The van der Waals surface area contributed by atoms with E-state index in [1.807, 2.05) is 39.8 Å². The summed E-state index contributed by atoms with van der Waals surface area (Å²) in [6.45, 7) is 9.09. The molecule has 2 rings (SSSR count). The quantitative estimate of drug-likeness (QED) is 0.723. The van der Waals surface area contributed by atoms with Gasteiger partial charge in [-0.2, -0.15) is 0 Å². The molecule has 7 heteroatoms. The first-order valence-corrected chi connectivity index (χ1v) is 8.33. The molecule has 1 fully saturated rings. The Morgan fingerprint density at radius 2 is 2.18 bits per heavy atom. The van der Waals surface area contributed by atoms with Crippen LogP contribution in [0.4, 0.5) is 16.4 Å². The van der Waals surface area contributed by atoms with Crippen molar-refractivity contribution >= 4 is 40.3 Å². The molecule has 0 bridgehead atoms. The first-order chi connectivity index (χ1) is 10.1. The normalized spacial score (nSPS) is 21.8. The standard InChI is InChI=1S/C15H23IN4O2/c1-14(2,3)22-13(21)19-15(4)5-6-20(9-15)12-8-10(16)7-11(17)18-12/h7-8H,5-6,9H2,1-4H3,(H2,17,18)(H,19,21)/t15-/m0/s1. The number of carbonyl (C=O) groups is 1. The van der Waals surface area contributed by atoms with Crippen molar-refractivity contribution in [3.8, 4) is 0 Å². The minimum absolute atomic E-state index is 0.333. The zero-order chi connectivity index (χ0) is 16.5. The maximum absolute atomic E-state index is 12.0. The van der Waals surface area contributed by atoms with Crippen molar-refractivity contribution in [3.63, 3.8) is 0 Å². The molecule has 2 heterocycles. The molecule has 0 aliphatic carbocycles. The molecule has 1 aliphatic heterocycles. The molecule has 0 spiro atoms. The lowest BCUT2D eigenvalue weighted by Crippen LogP contribution is -2.49. The van der Waals surface area contributed by atoms with Gasteiger partial charge >= 0.3 is 6.09 Å². The largest absolute Gasteiger partial charge is 0.444 e. The smallest absolute Gasteiger partial charge is 0.408 e. The number of aromatic nitrogens is 1. The highest BCUT2D eigenvalue weighted by molar-refractivity contribution is 14.1. The SMILES string of the molecule is CC(C)(C)OC(=O)N[C@@]1(C)CCN(c2cc(I)cc(N)n2)C1. The third-order valence-corrected chi connectivity index (χ3v) is 4.02. The molecule has 6 nitrogen and oxygen atoms in total. The van der Waals surface area contributed by atoms with E-state index < -0.39 is 5.60 Å². The molecule has 0 radical (unpaired) electrons. The Morgan fingerprint density at radius 1 is 1.50 bits per heavy atom. The first-order valence-electron chi connectivity index (χ1n) is 7.26. The number of hydrogen-bond donors (Lipinski definition) is 2. The van der Waals surface area contributed by atoms with Crippen LogP contribution in [0.3, 0.4) is 0 Å². The van der Waals surface area contributed by atoms with Crippen molar-refractivity contribution < 1.29 is 9.53 Å². The molecule has 1 aliphatic rings. The Balaban J connectivity index is 2.03. The second-order valence-corrected chi connectivity index (χ2v) is 8.17. The van der Waals surface area contributed by atoms with Gasteiger partial charge in [-0.25, -0.2) is 9.78 Å². The number of nitrogens with zero attached hydrogens (tertiary/aromatic N) is 2. The minimum atomic E-state index is -0.496. The maximum atomic E-state index is 12.0. The molecular formula is C15H23IN4O2. The molecule has 22 heavy (non-hydrogen) atoms. The number of carbonyl (C=O) groups excluding carboxylic acids is 1. The van der Waals surface area contributed by atoms with E-state index >= 15 is 0 Å². The summed E-state index contributed by atoms with van der Waals surface area (Å²) in [4.78, 5) is 18.5. The number of hydrogen-bond acceptors (Lipinski definition) is 5. The highest BCUT2D eigenvalue weighted by Gasteiger charge is 2.37. The number of ether oxygens (including phenoxy) is 1. The van der Waals surface area contributed by atoms with Crippen LogP contribution in [-0.4, -0.2) is 35.3 Å². The fourth-order valence-electron chi connectivity index (χ4n) is 2.47. The average molecular weight is 418 g/mol. The fraction of sp³-hybridized carbons (Fsp3) is 0.600. The zero-order valence-corrected chi connectivity index (χ0v) is 15.6. The van der Waals surface area contributed by atoms with E-state index in [1.165, 1.54) is 0 Å². The molecule has 1 aromatic rings. The number of nitrogen functional groups attached to an aromatic ring is 1. The van der Waals surface area contributed by atoms with Gasteiger partial charge in [-0.05, 0) is 68.8 Å². The molecular weight excluding hydrogens is 395 g/mol. The van der Waals surface area contributed by atoms with Crippen LogP contribution in [0.2, 0.25) is 0 Å². The number of pyridine rings is 1. The summed E-state index contributed by atoms with van der Waals surface area (Å²) >= 11 is 2.22. The fourth-order valence-corrected chi connectivity index (χ4v) is 3.07. The topological polar surface area (TPSA) is 80.5 Å². The molecule has 0 aromatic carbocycles. The van der Waals surface area contributed by atoms with E-state index in [1.54, 1.807) is 0 Å². The molecule has 0 unspecified atom stereocenters. The van der Waals surface area contributed by atoms with Gasteiger partial charge < -0.3 is 20.7 Å². The van der Waals surface area contributed by atoms with Crippen LogP contribution in [0.1, 0.15) is 34.1 Å². The Morgan fingerprint density at radius 3 is 2.77 bits per heavy atom. The van der Waals surface area contributed by atoms with Gasteiger partial charge in [-0.3, -0.25) is 0 Å². The third-order valence-electron chi connectivity index (χ3n) is 3.40. The van der Waals surface area contributed by atoms with E-state index in [2.05, 4.69) is 37.8 Å². The van der Waals surface area contributed by atoms with Gasteiger partial charge in [0.05, 0.1) is 5.54 Å². The van der Waals surface area contributed by atoms with Crippen LogP contribution in [-0.2, 0) is 4.74 Å². The van der Waals surface area contributed by atoms with Crippen LogP contribution >= 0.6 is 22.6 Å². The first kappa shape index (κ1) is 17.1. The van der Waals surface area contributed by atoms with E-state index in [0.29, 0.717) is 12.4 Å². The van der Waals surface area contributed by atoms with Gasteiger partial charge in [0.25, 0.3) is 0 Å². The predicted octanol–water partition coefficient (Wildman–Crippen LogP) is 2.76. The average Bonchev–Trinajstić information content (AvgIpc) is 2.67. The Kier molecular flexibility index (Phi) is 4.74. The number of nitrogens with one attached hydrogen (secondary N) is 1. The number of anilines is 2. The zero-order valence-electron chi connectivity index (χ0n) is 13.4. The predicted molar refractivity (Wildman–Crippen MR) is 96.0 cm³/mol. The molecule has 122 valence electrons. The second-order valence-electron chi connectivity index (χ2n) is 6.93. The maximum Gasteiger partial charge on any atom is 0.408 e. The lowest BCUT2D eigenvalue weighted by atomic mass is 10.0. The number of rotatable bonds is 2. The van der Waals surface area contributed by atoms with Crippen LogP contribution in [0.15, 0.2) is 12.1 Å². The molecule has 1 atom stereocenters. The Labute approximate surface area is 144 Å². The van der Waals surface area contributed by atoms with Crippen molar-refractivity contribution in [1.29, 1.82) is 0 Å². The van der Waals surface area contributed by atoms with E-state index in [-0.39, 0.29) is 11.6 Å². The summed E-state index contributed by atoms with van der Waals surface area (Å²) in [5, 5.41) is 2.98. The Bertz CT molecular complexity index is 553. The van der Waals surface area contributed by atoms with Gasteiger partial charge in [-0.1, -0.05) is 0 Å². The molecule has 1 amide bonds. The number of nitrogens with two attached hydrogens (primary N) is 1. The molecule has 3 N–H and O–H groups in total. The lowest BCUT2D eigenvalue weighted by Gasteiger charge is -2.28. The number of halogens is 1. The van der Waals surface area contributed by atoms with Gasteiger partial charge in [0, 0.05) is 16.7 Å². The van der Waals surface area contributed by atoms with Crippen LogP contribution in [0.25, 0.3) is 0 Å². The van der Waals surface area contributed by atoms with Crippen molar-refractivity contribution in [3.05, 3.63) is 15.7 Å². The van der Waals surface area contributed by atoms with Crippen molar-refractivity contribution in [2.24, 2.45) is 0 Å². The van der Waals surface area contributed by atoms with Crippen molar-refractivity contribution in [2.75, 3.05) is 23.7 Å². The van der Waals surface area contributed by atoms with Gasteiger partial charge in [0.15, 0.2) is 0 Å². The van der Waals surface area contributed by atoms with Gasteiger partial charge in [0.2, 0.25) is 0 Å². The third kappa shape index (κ3) is 4.62. The van der Waals surface area contributed by atoms with Crippen molar-refractivity contribution in [2.45, 2.75) is 45.3 Å². The monoisotopic (exact) mass is 418 g/mol. The van der Waals surface area contributed by atoms with E-state index in [4.69, 9.17) is 10.5 Å². The summed E-state index contributed by atoms with van der Waals surface area (Å²) in [6.07, 6.45) is 0.450. The number of alkyl carbamates (subject to hydrolysis) is 1. The summed E-state index contributed by atoms with van der Waals surface area (Å²) in [5.74, 6) is 1.36. The summed E-state index contributed by atoms with van der Waals surface area (Å²) in [6, 6.07) is 3.83. The van der Waals surface area contributed by atoms with Crippen LogP contribution < -0.4 is 16.0 Å². The molecule has 1 aromatic heterocycles. The summed E-state index contributed by atoms with van der Waals surface area (Å²) in [5.41, 5.74) is 4.98. The second kappa shape index (κ2) is 6.10. The van der Waals surface area contributed by atoms with Gasteiger partial charge in [-0.15, -0.1) is 0 Å². The van der Waals surface area contributed by atoms with E-state index in [9.17, 15) is 4.79 Å². The number of amides is 1. The Hall–Kier alpha value is -1.25. The molecule has 0 saturated carbocycles. The lowest BCUT2D eigenvalue weighted by molar-refractivity contribution is 0.0473. The van der Waals surface area contributed by atoms with Gasteiger partial charge in [0.1, 0.15) is 17.2 Å². The van der Waals surface area contributed by atoms with Crippen LogP contribution in [0.5, 0.6) is 0 Å². The molecule has 1 saturated heterocycles.